The zero-order chi connectivity index (χ0) is 19.3. The first-order valence-electron chi connectivity index (χ1n) is 12.2. The van der Waals surface area contributed by atoms with Crippen LogP contribution in [0.1, 0.15) is 65.2 Å². The Kier molecular flexibility index (Phi) is 3.96. The van der Waals surface area contributed by atoms with Crippen molar-refractivity contribution >= 4 is 0 Å². The van der Waals surface area contributed by atoms with E-state index in [4.69, 9.17) is 4.74 Å². The Morgan fingerprint density at radius 3 is 2.43 bits per heavy atom. The molecule has 1 N–H and O–H groups in total. The van der Waals surface area contributed by atoms with Gasteiger partial charge < -0.3 is 14.7 Å². The largest absolute Gasteiger partial charge is 0.375 e. The van der Waals surface area contributed by atoms with Crippen LogP contribution in [-0.4, -0.2) is 66.1 Å². The molecule has 28 heavy (non-hydrogen) atoms. The van der Waals surface area contributed by atoms with Gasteiger partial charge in [-0.2, -0.15) is 0 Å². The summed E-state index contributed by atoms with van der Waals surface area (Å²) in [7, 11) is 2.21. The molecule has 0 amide bonds. The molecule has 4 heteroatoms. The number of rotatable bonds is 1. The summed E-state index contributed by atoms with van der Waals surface area (Å²) in [5.74, 6) is 3.30. The Morgan fingerprint density at radius 1 is 0.893 bits per heavy atom. The summed E-state index contributed by atoms with van der Waals surface area (Å²) in [5, 5.41) is 12.1. The molecule has 4 nitrogen and oxygen atoms in total. The SMILES string of the molecule is CN1CCN(C2(O)CC[C@H]3[C@@H]4CCC5CC6OC6C[C@]5(C)[C@@H]4CC[C@@]32C)CC1. The van der Waals surface area contributed by atoms with Gasteiger partial charge in [0.2, 0.25) is 0 Å². The number of piperazine rings is 1. The number of fused-ring (bicyclic) bond motifs is 6. The lowest BCUT2D eigenvalue weighted by molar-refractivity contribution is -0.219. The number of likely N-dealkylation sites (N-methyl/N-ethyl adjacent to an activating group) is 1. The van der Waals surface area contributed by atoms with Gasteiger partial charge in [-0.1, -0.05) is 13.8 Å². The van der Waals surface area contributed by atoms with Gasteiger partial charge in [-0.3, -0.25) is 4.90 Å². The van der Waals surface area contributed by atoms with Gasteiger partial charge in [0.05, 0.1) is 12.2 Å². The summed E-state index contributed by atoms with van der Waals surface area (Å²) in [6, 6.07) is 0. The first kappa shape index (κ1) is 18.6. The zero-order valence-corrected chi connectivity index (χ0v) is 18.2. The number of hydrogen-bond acceptors (Lipinski definition) is 4. The summed E-state index contributed by atoms with van der Waals surface area (Å²) in [6.45, 7) is 9.34. The lowest BCUT2D eigenvalue weighted by atomic mass is 9.45. The fourth-order valence-electron chi connectivity index (χ4n) is 9.21. The molecule has 158 valence electrons. The number of ether oxygens (including phenoxy) is 1. The van der Waals surface area contributed by atoms with Crippen molar-refractivity contribution in [1.29, 1.82) is 0 Å². The molecule has 4 unspecified atom stereocenters. The van der Waals surface area contributed by atoms with E-state index in [1.807, 2.05) is 0 Å². The van der Waals surface area contributed by atoms with Gasteiger partial charge in [0, 0.05) is 31.6 Å². The fourth-order valence-corrected chi connectivity index (χ4v) is 9.21. The van der Waals surface area contributed by atoms with Crippen molar-refractivity contribution < 1.29 is 9.84 Å². The molecule has 2 heterocycles. The fraction of sp³-hybridized carbons (Fsp3) is 1.00. The number of nitrogens with zero attached hydrogens (tertiary/aromatic N) is 2. The second-order valence-electron chi connectivity index (χ2n) is 11.9. The normalized spacial score (nSPS) is 59.1. The van der Waals surface area contributed by atoms with E-state index in [1.54, 1.807) is 0 Å². The van der Waals surface area contributed by atoms with Crippen molar-refractivity contribution in [3.8, 4) is 0 Å². The maximum absolute atomic E-state index is 12.1. The monoisotopic (exact) mass is 388 g/mol. The van der Waals surface area contributed by atoms with E-state index in [2.05, 4.69) is 30.7 Å². The van der Waals surface area contributed by atoms with Crippen LogP contribution in [-0.2, 0) is 4.74 Å². The van der Waals surface area contributed by atoms with Gasteiger partial charge in [0.25, 0.3) is 0 Å². The highest BCUT2D eigenvalue weighted by Crippen LogP contribution is 2.69. The van der Waals surface area contributed by atoms with E-state index in [0.717, 1.165) is 50.4 Å². The van der Waals surface area contributed by atoms with Crippen molar-refractivity contribution in [2.75, 3.05) is 33.2 Å². The molecule has 4 aliphatic carbocycles. The third-order valence-electron chi connectivity index (χ3n) is 11.0. The average molecular weight is 389 g/mol. The Bertz CT molecular complexity index is 649. The molecule has 4 saturated carbocycles. The minimum atomic E-state index is -0.571. The van der Waals surface area contributed by atoms with E-state index in [-0.39, 0.29) is 5.41 Å². The van der Waals surface area contributed by atoms with Gasteiger partial charge in [0.15, 0.2) is 0 Å². The van der Waals surface area contributed by atoms with Gasteiger partial charge in [-0.25, -0.2) is 0 Å². The summed E-state index contributed by atoms with van der Waals surface area (Å²) >= 11 is 0. The number of aliphatic hydroxyl groups is 1. The Hall–Kier alpha value is -0.160. The number of hydrogen-bond donors (Lipinski definition) is 1. The second kappa shape index (κ2) is 5.96. The maximum Gasteiger partial charge on any atom is 0.124 e. The molecule has 2 aliphatic heterocycles. The van der Waals surface area contributed by atoms with E-state index in [9.17, 15) is 5.11 Å². The highest BCUT2D eigenvalue weighted by Gasteiger charge is 2.67. The quantitative estimate of drug-likeness (QED) is 0.700. The summed E-state index contributed by atoms with van der Waals surface area (Å²) in [4.78, 5) is 4.88. The average Bonchev–Trinajstić information content (AvgIpc) is 3.35. The van der Waals surface area contributed by atoms with Crippen molar-refractivity contribution in [3.63, 3.8) is 0 Å². The van der Waals surface area contributed by atoms with Crippen LogP contribution in [0.2, 0.25) is 0 Å². The van der Waals surface area contributed by atoms with Crippen molar-refractivity contribution in [2.45, 2.75) is 83.1 Å². The molecule has 6 rings (SSSR count). The van der Waals surface area contributed by atoms with Crippen LogP contribution in [0.5, 0.6) is 0 Å². The zero-order valence-electron chi connectivity index (χ0n) is 18.2. The van der Waals surface area contributed by atoms with Crippen LogP contribution in [0.25, 0.3) is 0 Å². The first-order valence-corrected chi connectivity index (χ1v) is 12.2. The van der Waals surface area contributed by atoms with E-state index in [0.29, 0.717) is 23.5 Å². The Balaban J connectivity index is 1.27. The lowest BCUT2D eigenvalue weighted by Crippen LogP contribution is -2.64. The Labute approximate surface area is 171 Å². The molecule has 0 aromatic carbocycles. The smallest absolute Gasteiger partial charge is 0.124 e. The van der Waals surface area contributed by atoms with Crippen LogP contribution in [0, 0.1) is 34.5 Å². The predicted octanol–water partition coefficient (Wildman–Crippen LogP) is 3.34. The van der Waals surface area contributed by atoms with Crippen LogP contribution in [0.3, 0.4) is 0 Å². The van der Waals surface area contributed by atoms with E-state index >= 15 is 0 Å². The molecule has 9 atom stereocenters. The minimum Gasteiger partial charge on any atom is -0.375 e. The molecule has 0 aromatic heterocycles. The number of epoxide rings is 1. The summed E-state index contributed by atoms with van der Waals surface area (Å²) in [5.41, 5.74) is 0.00985. The Morgan fingerprint density at radius 2 is 1.64 bits per heavy atom. The second-order valence-corrected chi connectivity index (χ2v) is 11.9. The summed E-state index contributed by atoms with van der Waals surface area (Å²) in [6.07, 6.45) is 11.4. The van der Waals surface area contributed by atoms with Crippen LogP contribution >= 0.6 is 0 Å². The molecule has 6 fully saturated rings. The lowest BCUT2D eigenvalue weighted by Gasteiger charge is -2.62. The molecule has 0 spiro atoms. The van der Waals surface area contributed by atoms with Gasteiger partial charge in [0.1, 0.15) is 5.72 Å². The first-order chi connectivity index (χ1) is 13.3. The van der Waals surface area contributed by atoms with Crippen LogP contribution in [0.4, 0.5) is 0 Å². The maximum atomic E-state index is 12.1. The van der Waals surface area contributed by atoms with E-state index < -0.39 is 5.72 Å². The highest BCUT2D eigenvalue weighted by atomic mass is 16.6. The van der Waals surface area contributed by atoms with E-state index in [1.165, 1.54) is 44.9 Å². The molecule has 6 aliphatic rings. The van der Waals surface area contributed by atoms with Crippen molar-refractivity contribution in [3.05, 3.63) is 0 Å². The molecular weight excluding hydrogens is 348 g/mol. The molecule has 0 aromatic rings. The minimum absolute atomic E-state index is 0.0839. The van der Waals surface area contributed by atoms with Crippen LogP contribution in [0.15, 0.2) is 0 Å². The molecular formula is C24H40N2O2. The van der Waals surface area contributed by atoms with Crippen molar-refractivity contribution in [1.82, 2.24) is 9.80 Å². The topological polar surface area (TPSA) is 39.2 Å². The molecule has 0 radical (unpaired) electrons. The molecule has 0 bridgehead atoms. The predicted molar refractivity (Wildman–Crippen MR) is 110 cm³/mol. The third kappa shape index (κ3) is 2.32. The van der Waals surface area contributed by atoms with Gasteiger partial charge in [-0.05, 0) is 87.5 Å². The summed E-state index contributed by atoms with van der Waals surface area (Å²) < 4.78 is 5.99. The van der Waals surface area contributed by atoms with Gasteiger partial charge in [-0.15, -0.1) is 0 Å². The van der Waals surface area contributed by atoms with Gasteiger partial charge >= 0.3 is 0 Å². The van der Waals surface area contributed by atoms with Crippen LogP contribution < -0.4 is 0 Å². The standard InChI is InChI=1S/C24H40N2O2/c1-22-15-21-20(28-21)14-16(22)4-5-17-18(22)6-8-23(2)19(17)7-9-24(23,27)26-12-10-25(3)11-13-26/h16-21,27H,4-15H2,1-3H3/t16?,17-,18-,19+,20?,21?,22+,23+,24?/m1/s1. The highest BCUT2D eigenvalue weighted by molar-refractivity contribution is 5.15. The third-order valence-corrected chi connectivity index (χ3v) is 11.0. The molecule has 2 saturated heterocycles. The van der Waals surface area contributed by atoms with Crippen molar-refractivity contribution in [2.24, 2.45) is 34.5 Å².